The Morgan fingerprint density at radius 1 is 1.04 bits per heavy atom. The molecule has 144 valence electrons. The fourth-order valence-corrected chi connectivity index (χ4v) is 4.61. The summed E-state index contributed by atoms with van der Waals surface area (Å²) in [6.45, 7) is 5.09. The van der Waals surface area contributed by atoms with Gasteiger partial charge in [-0.1, -0.05) is 0 Å². The van der Waals surface area contributed by atoms with Crippen molar-refractivity contribution in [3.63, 3.8) is 0 Å². The smallest absolute Gasteiger partial charge is 0.253 e. The molecule has 2 aromatic heterocycles. The van der Waals surface area contributed by atoms with Crippen molar-refractivity contribution in [2.75, 3.05) is 13.1 Å². The maximum Gasteiger partial charge on any atom is 0.253 e. The molecule has 4 heterocycles. The van der Waals surface area contributed by atoms with E-state index in [1.54, 1.807) is 12.4 Å². The molecule has 0 unspecified atom stereocenters. The first-order valence-corrected chi connectivity index (χ1v) is 10.6. The molecule has 2 aliphatic heterocycles. The van der Waals surface area contributed by atoms with Crippen LogP contribution in [0.3, 0.4) is 0 Å². The largest absolute Gasteiger partial charge is 0.331 e. The van der Waals surface area contributed by atoms with Crippen LogP contribution in [0.25, 0.3) is 0 Å². The van der Waals surface area contributed by atoms with Crippen molar-refractivity contribution in [2.24, 2.45) is 5.92 Å². The van der Waals surface area contributed by atoms with E-state index in [0.29, 0.717) is 11.8 Å². The minimum atomic E-state index is 0.123. The molecule has 1 aliphatic carbocycles. The third-order valence-electron chi connectivity index (χ3n) is 6.51. The molecule has 6 heteroatoms. The number of nitrogens with zero attached hydrogens (tertiary/aromatic N) is 5. The fraction of sp³-hybridized carbons (Fsp3) is 0.667. The van der Waals surface area contributed by atoms with E-state index in [-0.39, 0.29) is 5.56 Å². The number of hydrogen-bond acceptors (Lipinski definition) is 4. The molecule has 2 fully saturated rings. The summed E-state index contributed by atoms with van der Waals surface area (Å²) < 4.78 is 4.25. The first-order chi connectivity index (χ1) is 13.3. The molecule has 0 amide bonds. The highest BCUT2D eigenvalue weighted by molar-refractivity contribution is 5.12. The molecule has 1 saturated carbocycles. The van der Waals surface area contributed by atoms with Gasteiger partial charge in [0.15, 0.2) is 0 Å². The van der Waals surface area contributed by atoms with Gasteiger partial charge in [0.2, 0.25) is 0 Å². The Morgan fingerprint density at radius 3 is 2.67 bits per heavy atom. The van der Waals surface area contributed by atoms with Crippen LogP contribution in [0.1, 0.15) is 61.7 Å². The Balaban J connectivity index is 1.16. The van der Waals surface area contributed by atoms with E-state index < -0.39 is 0 Å². The number of imidazole rings is 1. The summed E-state index contributed by atoms with van der Waals surface area (Å²) in [6, 6.07) is 1.76. The fourth-order valence-electron chi connectivity index (χ4n) is 4.61. The van der Waals surface area contributed by atoms with E-state index >= 15 is 0 Å². The number of hydrogen-bond donors (Lipinski definition) is 0. The van der Waals surface area contributed by atoms with Crippen LogP contribution < -0.4 is 5.56 Å². The SMILES string of the molecule is O=c1cc(C2CC2)ncn1CC1CCN(Cc2ncc3n2CCCC3)CC1. The van der Waals surface area contributed by atoms with E-state index in [2.05, 4.69) is 25.6 Å². The molecule has 2 aromatic rings. The van der Waals surface area contributed by atoms with Crippen molar-refractivity contribution >= 4 is 0 Å². The van der Waals surface area contributed by atoms with E-state index in [4.69, 9.17) is 0 Å². The topological polar surface area (TPSA) is 56.0 Å². The summed E-state index contributed by atoms with van der Waals surface area (Å²) in [5, 5.41) is 0. The molecule has 0 N–H and O–H groups in total. The molecule has 0 atom stereocenters. The van der Waals surface area contributed by atoms with Crippen molar-refractivity contribution in [1.82, 2.24) is 24.0 Å². The van der Waals surface area contributed by atoms with Crippen molar-refractivity contribution in [1.29, 1.82) is 0 Å². The van der Waals surface area contributed by atoms with Gasteiger partial charge in [0.25, 0.3) is 5.56 Å². The number of piperidine rings is 1. The Morgan fingerprint density at radius 2 is 1.89 bits per heavy atom. The van der Waals surface area contributed by atoms with E-state index in [1.165, 1.54) is 43.6 Å². The predicted molar refractivity (Wildman–Crippen MR) is 104 cm³/mol. The van der Waals surface area contributed by atoms with Crippen LogP contribution in [-0.2, 0) is 26.1 Å². The zero-order chi connectivity index (χ0) is 18.2. The van der Waals surface area contributed by atoms with E-state index in [9.17, 15) is 4.79 Å². The molecule has 3 aliphatic rings. The van der Waals surface area contributed by atoms with Gasteiger partial charge >= 0.3 is 0 Å². The molecule has 6 nitrogen and oxygen atoms in total. The molecule has 0 radical (unpaired) electrons. The quantitative estimate of drug-likeness (QED) is 0.815. The first-order valence-electron chi connectivity index (χ1n) is 10.6. The van der Waals surface area contributed by atoms with Crippen LogP contribution in [-0.4, -0.2) is 37.1 Å². The van der Waals surface area contributed by atoms with Crippen molar-refractivity contribution < 1.29 is 0 Å². The Hall–Kier alpha value is -1.95. The summed E-state index contributed by atoms with van der Waals surface area (Å²) in [7, 11) is 0. The number of aryl methyl sites for hydroxylation is 1. The maximum absolute atomic E-state index is 12.4. The zero-order valence-electron chi connectivity index (χ0n) is 16.0. The normalized spacial score (nSPS) is 21.3. The summed E-state index contributed by atoms with van der Waals surface area (Å²) in [5.74, 6) is 2.35. The standard InChI is InChI=1S/C21H29N5O/c27-21-11-19(17-4-5-17)23-15-25(21)13-16-6-9-24(10-7-16)14-20-22-12-18-3-1-2-8-26(18)20/h11-12,15-17H,1-10,13-14H2. The first kappa shape index (κ1) is 17.2. The second-order valence-corrected chi connectivity index (χ2v) is 8.57. The van der Waals surface area contributed by atoms with Crippen LogP contribution in [0.15, 0.2) is 23.4 Å². The summed E-state index contributed by atoms with van der Waals surface area (Å²) in [6.07, 6.45) is 12.3. The lowest BCUT2D eigenvalue weighted by molar-refractivity contribution is 0.161. The van der Waals surface area contributed by atoms with E-state index in [1.807, 2.05) is 4.57 Å². The van der Waals surface area contributed by atoms with Crippen molar-refractivity contribution in [3.05, 3.63) is 46.2 Å². The number of aromatic nitrogens is 4. The van der Waals surface area contributed by atoms with E-state index in [0.717, 1.165) is 51.3 Å². The number of likely N-dealkylation sites (tertiary alicyclic amines) is 1. The summed E-state index contributed by atoms with van der Waals surface area (Å²) in [5.41, 5.74) is 2.53. The van der Waals surface area contributed by atoms with Gasteiger partial charge in [-0.25, -0.2) is 9.97 Å². The van der Waals surface area contributed by atoms with Gasteiger partial charge in [-0.2, -0.15) is 0 Å². The lowest BCUT2D eigenvalue weighted by atomic mass is 9.96. The lowest BCUT2D eigenvalue weighted by Crippen LogP contribution is -2.36. The zero-order valence-corrected chi connectivity index (χ0v) is 16.0. The minimum absolute atomic E-state index is 0.123. The minimum Gasteiger partial charge on any atom is -0.331 e. The highest BCUT2D eigenvalue weighted by atomic mass is 16.1. The van der Waals surface area contributed by atoms with Gasteiger partial charge in [-0.05, 0) is 64.0 Å². The summed E-state index contributed by atoms with van der Waals surface area (Å²) in [4.78, 5) is 24.1. The van der Waals surface area contributed by atoms with Crippen LogP contribution in [0.4, 0.5) is 0 Å². The summed E-state index contributed by atoms with van der Waals surface area (Å²) >= 11 is 0. The monoisotopic (exact) mass is 367 g/mol. The number of fused-ring (bicyclic) bond motifs is 1. The molecule has 5 rings (SSSR count). The van der Waals surface area contributed by atoms with Crippen LogP contribution in [0, 0.1) is 5.92 Å². The second-order valence-electron chi connectivity index (χ2n) is 8.57. The predicted octanol–water partition coefficient (Wildman–Crippen LogP) is 2.57. The second kappa shape index (κ2) is 7.23. The Bertz CT molecular complexity index is 858. The maximum atomic E-state index is 12.4. The average molecular weight is 367 g/mol. The molecule has 0 spiro atoms. The highest BCUT2D eigenvalue weighted by Crippen LogP contribution is 2.38. The average Bonchev–Trinajstić information content (AvgIpc) is 3.47. The van der Waals surface area contributed by atoms with Crippen molar-refractivity contribution in [2.45, 2.75) is 70.5 Å². The molecular weight excluding hydrogens is 338 g/mol. The molecule has 0 aromatic carbocycles. The Labute approximate surface area is 160 Å². The van der Waals surface area contributed by atoms with Crippen LogP contribution in [0.2, 0.25) is 0 Å². The molecular formula is C21H29N5O. The van der Waals surface area contributed by atoms with Gasteiger partial charge in [-0.15, -0.1) is 0 Å². The number of rotatable bonds is 5. The molecule has 0 bridgehead atoms. The van der Waals surface area contributed by atoms with Gasteiger partial charge in [0, 0.05) is 37.0 Å². The van der Waals surface area contributed by atoms with Crippen molar-refractivity contribution in [3.8, 4) is 0 Å². The van der Waals surface area contributed by atoms with Gasteiger partial charge < -0.3 is 4.57 Å². The van der Waals surface area contributed by atoms with Crippen LogP contribution in [0.5, 0.6) is 0 Å². The Kier molecular flexibility index (Phi) is 4.60. The molecule has 27 heavy (non-hydrogen) atoms. The third kappa shape index (κ3) is 3.72. The highest BCUT2D eigenvalue weighted by Gasteiger charge is 2.26. The third-order valence-corrected chi connectivity index (χ3v) is 6.51. The van der Waals surface area contributed by atoms with Gasteiger partial charge in [-0.3, -0.25) is 14.3 Å². The lowest BCUT2D eigenvalue weighted by Gasteiger charge is -2.32. The molecule has 1 saturated heterocycles. The van der Waals surface area contributed by atoms with Gasteiger partial charge in [0.1, 0.15) is 5.82 Å². The van der Waals surface area contributed by atoms with Crippen LogP contribution >= 0.6 is 0 Å². The van der Waals surface area contributed by atoms with Gasteiger partial charge in [0.05, 0.1) is 18.6 Å².